The van der Waals surface area contributed by atoms with E-state index in [1.807, 2.05) is 17.6 Å². The number of carbonyl (C=O) groups is 1. The van der Waals surface area contributed by atoms with Crippen molar-refractivity contribution in [1.82, 2.24) is 9.55 Å². The SMILES string of the molecule is CCCc1nc2cccc(C(=O)O)c2n1C(CC)CCO. The number of aryl methyl sites for hydroxylation is 1. The van der Waals surface area contributed by atoms with Gasteiger partial charge in [0, 0.05) is 19.1 Å². The van der Waals surface area contributed by atoms with Crippen LogP contribution in [-0.2, 0) is 6.42 Å². The van der Waals surface area contributed by atoms with Crippen LogP contribution in [0.3, 0.4) is 0 Å². The number of carboxylic acid groups (broad SMARTS) is 1. The molecule has 1 aromatic carbocycles. The Morgan fingerprint density at radius 1 is 1.38 bits per heavy atom. The number of aromatic carboxylic acids is 1. The average molecular weight is 290 g/mol. The number of carboxylic acids is 1. The highest BCUT2D eigenvalue weighted by atomic mass is 16.4. The highest BCUT2D eigenvalue weighted by molar-refractivity contribution is 6.01. The Labute approximate surface area is 124 Å². The van der Waals surface area contributed by atoms with Crippen molar-refractivity contribution in [3.8, 4) is 0 Å². The molecule has 0 aliphatic carbocycles. The Hall–Kier alpha value is -1.88. The maximum atomic E-state index is 11.5. The van der Waals surface area contributed by atoms with Crippen LogP contribution in [0.4, 0.5) is 0 Å². The molecule has 2 N–H and O–H groups in total. The number of aromatic nitrogens is 2. The lowest BCUT2D eigenvalue weighted by molar-refractivity contribution is 0.0698. The number of aliphatic hydroxyl groups excluding tert-OH is 1. The minimum Gasteiger partial charge on any atom is -0.478 e. The van der Waals surface area contributed by atoms with E-state index < -0.39 is 5.97 Å². The number of hydrogen-bond donors (Lipinski definition) is 2. The van der Waals surface area contributed by atoms with Crippen molar-refractivity contribution >= 4 is 17.0 Å². The molecule has 0 fully saturated rings. The second-order valence-electron chi connectivity index (χ2n) is 5.20. The van der Waals surface area contributed by atoms with Gasteiger partial charge in [-0.25, -0.2) is 9.78 Å². The summed E-state index contributed by atoms with van der Waals surface area (Å²) in [6, 6.07) is 5.26. The number of rotatable bonds is 7. The third-order valence-corrected chi connectivity index (χ3v) is 3.79. The van der Waals surface area contributed by atoms with E-state index in [9.17, 15) is 15.0 Å². The Balaban J connectivity index is 2.72. The molecule has 1 heterocycles. The summed E-state index contributed by atoms with van der Waals surface area (Å²) in [6.45, 7) is 4.21. The molecule has 1 aromatic heterocycles. The van der Waals surface area contributed by atoms with Gasteiger partial charge in [-0.3, -0.25) is 0 Å². The minimum atomic E-state index is -0.941. The lowest BCUT2D eigenvalue weighted by atomic mass is 10.1. The van der Waals surface area contributed by atoms with Gasteiger partial charge in [-0.05, 0) is 31.4 Å². The van der Waals surface area contributed by atoms with Gasteiger partial charge in [0.05, 0.1) is 16.6 Å². The van der Waals surface area contributed by atoms with E-state index in [-0.39, 0.29) is 18.2 Å². The molecule has 114 valence electrons. The lowest BCUT2D eigenvalue weighted by Gasteiger charge is -2.20. The van der Waals surface area contributed by atoms with Crippen molar-refractivity contribution < 1.29 is 15.0 Å². The molecule has 5 heteroatoms. The first-order valence-corrected chi connectivity index (χ1v) is 7.47. The highest BCUT2D eigenvalue weighted by Crippen LogP contribution is 2.28. The molecular weight excluding hydrogens is 268 g/mol. The van der Waals surface area contributed by atoms with Crippen LogP contribution in [0.5, 0.6) is 0 Å². The van der Waals surface area contributed by atoms with E-state index in [0.717, 1.165) is 30.6 Å². The quantitative estimate of drug-likeness (QED) is 0.822. The topological polar surface area (TPSA) is 75.3 Å². The van der Waals surface area contributed by atoms with E-state index in [4.69, 9.17) is 0 Å². The Bertz CT molecular complexity index is 634. The summed E-state index contributed by atoms with van der Waals surface area (Å²) in [5.41, 5.74) is 1.67. The molecule has 1 atom stereocenters. The van der Waals surface area contributed by atoms with Gasteiger partial charge >= 0.3 is 5.97 Å². The van der Waals surface area contributed by atoms with Gasteiger partial charge in [-0.15, -0.1) is 0 Å². The number of nitrogens with zero attached hydrogens (tertiary/aromatic N) is 2. The van der Waals surface area contributed by atoms with Crippen molar-refractivity contribution in [2.24, 2.45) is 0 Å². The van der Waals surface area contributed by atoms with E-state index in [1.54, 1.807) is 12.1 Å². The molecule has 0 bridgehead atoms. The molecule has 0 aliphatic heterocycles. The van der Waals surface area contributed by atoms with Gasteiger partial charge < -0.3 is 14.8 Å². The first-order chi connectivity index (χ1) is 10.1. The Morgan fingerprint density at radius 2 is 2.14 bits per heavy atom. The predicted molar refractivity (Wildman–Crippen MR) is 81.7 cm³/mol. The second kappa shape index (κ2) is 6.72. The molecule has 2 rings (SSSR count). The van der Waals surface area contributed by atoms with Crippen molar-refractivity contribution in [3.05, 3.63) is 29.6 Å². The van der Waals surface area contributed by atoms with Crippen LogP contribution in [0, 0.1) is 0 Å². The van der Waals surface area contributed by atoms with E-state index >= 15 is 0 Å². The smallest absolute Gasteiger partial charge is 0.337 e. The second-order valence-corrected chi connectivity index (χ2v) is 5.20. The van der Waals surface area contributed by atoms with Crippen molar-refractivity contribution in [1.29, 1.82) is 0 Å². The van der Waals surface area contributed by atoms with E-state index in [0.29, 0.717) is 11.9 Å². The summed E-state index contributed by atoms with van der Waals surface area (Å²) >= 11 is 0. The fourth-order valence-electron chi connectivity index (χ4n) is 2.83. The van der Waals surface area contributed by atoms with Gasteiger partial charge in [-0.1, -0.05) is 19.9 Å². The summed E-state index contributed by atoms with van der Waals surface area (Å²) in [7, 11) is 0. The largest absolute Gasteiger partial charge is 0.478 e. The van der Waals surface area contributed by atoms with Gasteiger partial charge in [0.1, 0.15) is 5.82 Å². The molecule has 0 radical (unpaired) electrons. The maximum Gasteiger partial charge on any atom is 0.337 e. The highest BCUT2D eigenvalue weighted by Gasteiger charge is 2.21. The number of hydrogen-bond acceptors (Lipinski definition) is 3. The molecule has 21 heavy (non-hydrogen) atoms. The molecule has 1 unspecified atom stereocenters. The normalized spacial score (nSPS) is 12.7. The molecule has 2 aromatic rings. The van der Waals surface area contributed by atoms with E-state index in [1.165, 1.54) is 0 Å². The van der Waals surface area contributed by atoms with Crippen LogP contribution in [-0.4, -0.2) is 32.3 Å². The maximum absolute atomic E-state index is 11.5. The molecule has 0 saturated heterocycles. The molecule has 5 nitrogen and oxygen atoms in total. The molecule has 0 saturated carbocycles. The van der Waals surface area contributed by atoms with Gasteiger partial charge in [0.15, 0.2) is 0 Å². The van der Waals surface area contributed by atoms with Gasteiger partial charge in [0.2, 0.25) is 0 Å². The van der Waals surface area contributed by atoms with Crippen LogP contribution in [0.1, 0.15) is 55.3 Å². The summed E-state index contributed by atoms with van der Waals surface area (Å²) in [5.74, 6) is -0.0369. The van der Waals surface area contributed by atoms with Crippen LogP contribution < -0.4 is 0 Å². The standard InChI is InChI=1S/C16H22N2O3/c1-3-6-14-17-13-8-5-7-12(16(20)21)15(13)18(14)11(4-2)9-10-19/h5,7-8,11,19H,3-4,6,9-10H2,1-2H3,(H,20,21). The van der Waals surface area contributed by atoms with E-state index in [2.05, 4.69) is 11.9 Å². The summed E-state index contributed by atoms with van der Waals surface area (Å²) < 4.78 is 2.03. The zero-order valence-corrected chi connectivity index (χ0v) is 12.5. The molecular formula is C16H22N2O3. The van der Waals surface area contributed by atoms with Gasteiger partial charge in [-0.2, -0.15) is 0 Å². The van der Waals surface area contributed by atoms with Crippen molar-refractivity contribution in [2.45, 2.75) is 45.6 Å². The Morgan fingerprint density at radius 3 is 2.71 bits per heavy atom. The predicted octanol–water partition coefficient (Wildman–Crippen LogP) is 3.02. The zero-order chi connectivity index (χ0) is 15.4. The number of para-hydroxylation sites is 1. The first kappa shape index (κ1) is 15.5. The number of imidazole rings is 1. The fraction of sp³-hybridized carbons (Fsp3) is 0.500. The van der Waals surface area contributed by atoms with Crippen molar-refractivity contribution in [3.63, 3.8) is 0 Å². The molecule has 0 spiro atoms. The molecule has 0 aliphatic rings. The van der Waals surface area contributed by atoms with Crippen LogP contribution in [0.2, 0.25) is 0 Å². The van der Waals surface area contributed by atoms with Crippen LogP contribution >= 0.6 is 0 Å². The number of aliphatic hydroxyl groups is 1. The third-order valence-electron chi connectivity index (χ3n) is 3.79. The molecule has 0 amide bonds. The van der Waals surface area contributed by atoms with Gasteiger partial charge in [0.25, 0.3) is 0 Å². The zero-order valence-electron chi connectivity index (χ0n) is 12.5. The third kappa shape index (κ3) is 2.93. The van der Waals surface area contributed by atoms with Crippen molar-refractivity contribution in [2.75, 3.05) is 6.61 Å². The number of benzene rings is 1. The summed E-state index contributed by atoms with van der Waals surface area (Å²) in [5, 5.41) is 18.7. The minimum absolute atomic E-state index is 0.0713. The fourth-order valence-corrected chi connectivity index (χ4v) is 2.83. The monoisotopic (exact) mass is 290 g/mol. The summed E-state index contributed by atoms with van der Waals surface area (Å²) in [6.07, 6.45) is 3.18. The lowest BCUT2D eigenvalue weighted by Crippen LogP contribution is -2.15. The average Bonchev–Trinajstić information content (AvgIpc) is 2.83. The number of fused-ring (bicyclic) bond motifs is 1. The first-order valence-electron chi connectivity index (χ1n) is 7.47. The van der Waals surface area contributed by atoms with Crippen LogP contribution in [0.15, 0.2) is 18.2 Å². The Kier molecular flexibility index (Phi) is 4.96. The van der Waals surface area contributed by atoms with Crippen LogP contribution in [0.25, 0.3) is 11.0 Å². The summed E-state index contributed by atoms with van der Waals surface area (Å²) in [4.78, 5) is 16.1.